The van der Waals surface area contributed by atoms with Crippen LogP contribution in [0.3, 0.4) is 0 Å². The summed E-state index contributed by atoms with van der Waals surface area (Å²) in [5.74, 6) is -0.271. The molecule has 0 bridgehead atoms. The highest BCUT2D eigenvalue weighted by Gasteiger charge is 2.32. The SMILES string of the molecule is CCC(C)(C)NC(=O)c1cccc(S(=O)(=O)N2C[C@@H](C)O[C@@H](C)C2)c1. The number of morpholine rings is 1. The lowest BCUT2D eigenvalue weighted by Gasteiger charge is -2.34. The summed E-state index contributed by atoms with van der Waals surface area (Å²) in [6.07, 6.45) is 0.464. The minimum absolute atomic E-state index is 0.135. The van der Waals surface area contributed by atoms with Crippen molar-refractivity contribution < 1.29 is 17.9 Å². The maximum Gasteiger partial charge on any atom is 0.251 e. The van der Waals surface area contributed by atoms with Crippen LogP contribution in [0, 0.1) is 0 Å². The molecule has 1 N–H and O–H groups in total. The Kier molecular flexibility index (Phi) is 5.91. The third-order valence-electron chi connectivity index (χ3n) is 4.46. The number of rotatable bonds is 5. The van der Waals surface area contributed by atoms with Crippen LogP contribution < -0.4 is 5.32 Å². The number of amides is 1. The number of hydrogen-bond acceptors (Lipinski definition) is 4. The molecule has 0 spiro atoms. The van der Waals surface area contributed by atoms with Gasteiger partial charge in [-0.05, 0) is 52.3 Å². The molecule has 140 valence electrons. The Bertz CT molecular complexity index is 720. The minimum Gasteiger partial charge on any atom is -0.373 e. The third-order valence-corrected chi connectivity index (χ3v) is 6.28. The first-order valence-corrected chi connectivity index (χ1v) is 10.1. The number of carbonyl (C=O) groups is 1. The summed E-state index contributed by atoms with van der Waals surface area (Å²) < 4.78 is 32.9. The summed E-state index contributed by atoms with van der Waals surface area (Å²) in [5, 5.41) is 2.93. The average Bonchev–Trinajstić information content (AvgIpc) is 2.53. The Labute approximate surface area is 150 Å². The van der Waals surface area contributed by atoms with Crippen LogP contribution in [0.25, 0.3) is 0 Å². The molecule has 25 heavy (non-hydrogen) atoms. The lowest BCUT2D eigenvalue weighted by Crippen LogP contribution is -2.48. The highest BCUT2D eigenvalue weighted by atomic mass is 32.2. The molecule has 2 atom stereocenters. The van der Waals surface area contributed by atoms with Crippen LogP contribution in [0.15, 0.2) is 29.2 Å². The number of ether oxygens (including phenoxy) is 1. The van der Waals surface area contributed by atoms with Crippen molar-refractivity contribution in [3.63, 3.8) is 0 Å². The predicted octanol–water partition coefficient (Wildman–Crippen LogP) is 2.40. The lowest BCUT2D eigenvalue weighted by atomic mass is 10.0. The second-order valence-corrected chi connectivity index (χ2v) is 9.24. The van der Waals surface area contributed by atoms with Crippen LogP contribution >= 0.6 is 0 Å². The zero-order chi connectivity index (χ0) is 18.8. The number of carbonyl (C=O) groups excluding carboxylic acids is 1. The van der Waals surface area contributed by atoms with Gasteiger partial charge in [0, 0.05) is 24.2 Å². The summed E-state index contributed by atoms with van der Waals surface area (Å²) in [7, 11) is -3.66. The molecule has 1 aromatic rings. The van der Waals surface area contributed by atoms with Crippen LogP contribution in [0.2, 0.25) is 0 Å². The van der Waals surface area contributed by atoms with Crippen LogP contribution in [-0.2, 0) is 14.8 Å². The summed E-state index contributed by atoms with van der Waals surface area (Å²) in [4.78, 5) is 12.6. The molecule has 1 saturated heterocycles. The quantitative estimate of drug-likeness (QED) is 0.866. The highest BCUT2D eigenvalue weighted by molar-refractivity contribution is 7.89. The summed E-state index contributed by atoms with van der Waals surface area (Å²) in [6, 6.07) is 6.21. The van der Waals surface area contributed by atoms with Gasteiger partial charge in [-0.25, -0.2) is 8.42 Å². The van der Waals surface area contributed by atoms with E-state index in [1.807, 2.05) is 34.6 Å². The molecule has 0 unspecified atom stereocenters. The number of sulfonamides is 1. The second-order valence-electron chi connectivity index (χ2n) is 7.30. The predicted molar refractivity (Wildman–Crippen MR) is 97.0 cm³/mol. The van der Waals surface area contributed by atoms with E-state index >= 15 is 0 Å². The van der Waals surface area contributed by atoms with Gasteiger partial charge in [0.1, 0.15) is 0 Å². The van der Waals surface area contributed by atoms with E-state index in [0.717, 1.165) is 6.42 Å². The minimum atomic E-state index is -3.66. The van der Waals surface area contributed by atoms with E-state index in [1.54, 1.807) is 12.1 Å². The van der Waals surface area contributed by atoms with Crippen LogP contribution in [0.5, 0.6) is 0 Å². The zero-order valence-corrected chi connectivity index (χ0v) is 16.4. The molecule has 1 heterocycles. The van der Waals surface area contributed by atoms with Gasteiger partial charge in [0.05, 0.1) is 17.1 Å². The molecule has 1 aromatic carbocycles. The molecular weight excluding hydrogens is 340 g/mol. The molecule has 0 aliphatic carbocycles. The van der Waals surface area contributed by atoms with Gasteiger partial charge in [0.15, 0.2) is 0 Å². The lowest BCUT2D eigenvalue weighted by molar-refractivity contribution is -0.0440. The van der Waals surface area contributed by atoms with Gasteiger partial charge in [0.2, 0.25) is 10.0 Å². The molecule has 1 fully saturated rings. The van der Waals surface area contributed by atoms with Gasteiger partial charge >= 0.3 is 0 Å². The first-order valence-electron chi connectivity index (χ1n) is 8.63. The van der Waals surface area contributed by atoms with Gasteiger partial charge < -0.3 is 10.1 Å². The van der Waals surface area contributed by atoms with Crippen LogP contribution in [-0.4, -0.2) is 49.5 Å². The van der Waals surface area contributed by atoms with Crippen molar-refractivity contribution in [3.8, 4) is 0 Å². The summed E-state index contributed by atoms with van der Waals surface area (Å²) in [5.41, 5.74) is -0.00179. The molecule has 0 radical (unpaired) electrons. The molecule has 0 aromatic heterocycles. The van der Waals surface area contributed by atoms with Crippen LogP contribution in [0.1, 0.15) is 51.4 Å². The fourth-order valence-corrected chi connectivity index (χ4v) is 4.38. The first-order chi connectivity index (χ1) is 11.5. The van der Waals surface area contributed by atoms with E-state index in [2.05, 4.69) is 5.32 Å². The fraction of sp³-hybridized carbons (Fsp3) is 0.611. The largest absolute Gasteiger partial charge is 0.373 e. The fourth-order valence-electron chi connectivity index (χ4n) is 2.74. The van der Waals surface area contributed by atoms with Crippen molar-refractivity contribution in [2.45, 2.75) is 63.7 Å². The van der Waals surface area contributed by atoms with Gasteiger partial charge in [-0.1, -0.05) is 13.0 Å². The Balaban J connectivity index is 2.27. The van der Waals surface area contributed by atoms with Crippen molar-refractivity contribution in [1.29, 1.82) is 0 Å². The van der Waals surface area contributed by atoms with Crippen molar-refractivity contribution in [3.05, 3.63) is 29.8 Å². The van der Waals surface area contributed by atoms with Crippen molar-refractivity contribution in [2.75, 3.05) is 13.1 Å². The highest BCUT2D eigenvalue weighted by Crippen LogP contribution is 2.22. The number of nitrogens with one attached hydrogen (secondary N) is 1. The van der Waals surface area contributed by atoms with E-state index in [9.17, 15) is 13.2 Å². The molecule has 1 aliphatic heterocycles. The van der Waals surface area contributed by atoms with Crippen molar-refractivity contribution >= 4 is 15.9 Å². The Morgan fingerprint density at radius 2 is 1.88 bits per heavy atom. The van der Waals surface area contributed by atoms with Gasteiger partial charge in [0.25, 0.3) is 5.91 Å². The normalized spacial score (nSPS) is 22.6. The first kappa shape index (κ1) is 19.9. The standard InChI is InChI=1S/C18H28N2O4S/c1-6-18(4,5)19-17(21)15-8-7-9-16(10-15)25(22,23)20-11-13(2)24-14(3)12-20/h7-10,13-14H,6,11-12H2,1-5H3,(H,19,21)/t13-,14+. The zero-order valence-electron chi connectivity index (χ0n) is 15.6. The van der Waals surface area contributed by atoms with Gasteiger partial charge in [-0.3, -0.25) is 4.79 Å². The maximum atomic E-state index is 12.9. The van der Waals surface area contributed by atoms with Crippen molar-refractivity contribution in [1.82, 2.24) is 9.62 Å². The van der Waals surface area contributed by atoms with Crippen molar-refractivity contribution in [2.24, 2.45) is 0 Å². The van der Waals surface area contributed by atoms with Gasteiger partial charge in [-0.2, -0.15) is 4.31 Å². The number of hydrogen-bond donors (Lipinski definition) is 1. The smallest absolute Gasteiger partial charge is 0.251 e. The molecule has 2 rings (SSSR count). The Hall–Kier alpha value is -1.44. The second kappa shape index (κ2) is 7.43. The number of nitrogens with zero attached hydrogens (tertiary/aromatic N) is 1. The topological polar surface area (TPSA) is 75.7 Å². The van der Waals surface area contributed by atoms with E-state index in [-0.39, 0.29) is 28.5 Å². The molecule has 7 heteroatoms. The molecule has 1 amide bonds. The van der Waals surface area contributed by atoms with E-state index in [1.165, 1.54) is 16.4 Å². The number of benzene rings is 1. The third kappa shape index (κ3) is 4.80. The van der Waals surface area contributed by atoms with E-state index in [0.29, 0.717) is 18.7 Å². The summed E-state index contributed by atoms with van der Waals surface area (Å²) in [6.45, 7) is 10.2. The van der Waals surface area contributed by atoms with E-state index in [4.69, 9.17) is 4.74 Å². The Morgan fingerprint density at radius 1 is 1.28 bits per heavy atom. The van der Waals surface area contributed by atoms with E-state index < -0.39 is 10.0 Å². The van der Waals surface area contributed by atoms with Crippen LogP contribution in [0.4, 0.5) is 0 Å². The Morgan fingerprint density at radius 3 is 2.44 bits per heavy atom. The maximum absolute atomic E-state index is 12.9. The molecular formula is C18H28N2O4S. The molecule has 0 saturated carbocycles. The van der Waals surface area contributed by atoms with Gasteiger partial charge in [-0.15, -0.1) is 0 Å². The summed E-state index contributed by atoms with van der Waals surface area (Å²) >= 11 is 0. The average molecular weight is 368 g/mol. The monoisotopic (exact) mass is 368 g/mol. The molecule has 1 aliphatic rings. The molecule has 6 nitrogen and oxygen atoms in total.